The number of hydrogen-bond donors (Lipinski definition) is 0. The highest BCUT2D eigenvalue weighted by Crippen LogP contribution is 2.62. The maximum atomic E-state index is 7.41. The molecular formula is C51H61BN2O. The molecule has 0 amide bonds. The topological polar surface area (TPSA) is 19.6 Å². The minimum absolute atomic E-state index is 0.0159. The zero-order valence-corrected chi connectivity index (χ0v) is 35.9. The van der Waals surface area contributed by atoms with E-state index < -0.39 is 0 Å². The van der Waals surface area contributed by atoms with E-state index in [0.29, 0.717) is 0 Å². The van der Waals surface area contributed by atoms with Crippen LogP contribution in [0.3, 0.4) is 0 Å². The number of hydrogen-bond acceptors (Lipinski definition) is 3. The summed E-state index contributed by atoms with van der Waals surface area (Å²) >= 11 is 0. The molecule has 3 aliphatic heterocycles. The molecule has 4 aromatic carbocycles. The van der Waals surface area contributed by atoms with Crippen LogP contribution in [0.5, 0.6) is 0 Å². The van der Waals surface area contributed by atoms with Gasteiger partial charge in [0.2, 0.25) is 5.88 Å². The summed E-state index contributed by atoms with van der Waals surface area (Å²) in [4.78, 5) is 5.37. The lowest BCUT2D eigenvalue weighted by molar-refractivity contribution is 0.195. The fraction of sp³-hybridized carbons (Fsp3) is 0.490. The molecule has 1 fully saturated rings. The first-order valence-corrected chi connectivity index (χ1v) is 21.3. The number of nitrogens with zero attached hydrogens (tertiary/aromatic N) is 2. The average molecular weight is 729 g/mol. The second kappa shape index (κ2) is 10.7. The molecule has 0 spiro atoms. The highest BCUT2D eigenvalue weighted by atomic mass is 16.4. The Morgan fingerprint density at radius 3 is 1.91 bits per heavy atom. The summed E-state index contributed by atoms with van der Waals surface area (Å²) in [6.45, 7) is 31.5. The van der Waals surface area contributed by atoms with E-state index in [9.17, 15) is 0 Å². The van der Waals surface area contributed by atoms with E-state index in [1.165, 1.54) is 105 Å². The minimum atomic E-state index is -0.0159. The molecule has 284 valence electrons. The molecule has 5 aromatic rings. The molecule has 3 nitrogen and oxygen atoms in total. The Bertz CT molecular complexity index is 2470. The van der Waals surface area contributed by atoms with Crippen molar-refractivity contribution in [2.75, 3.05) is 9.80 Å². The highest BCUT2D eigenvalue weighted by Gasteiger charge is 2.62. The van der Waals surface area contributed by atoms with Gasteiger partial charge in [-0.2, -0.15) is 0 Å². The summed E-state index contributed by atoms with van der Waals surface area (Å²) in [6, 6.07) is 24.6. The van der Waals surface area contributed by atoms with Crippen molar-refractivity contribution >= 4 is 62.7 Å². The monoisotopic (exact) mass is 728 g/mol. The highest BCUT2D eigenvalue weighted by molar-refractivity contribution is 7.01. The predicted octanol–water partition coefficient (Wildman–Crippen LogP) is 12.0. The maximum absolute atomic E-state index is 7.41. The lowest BCUT2D eigenvalue weighted by Crippen LogP contribution is -2.64. The molecule has 1 aromatic heterocycles. The van der Waals surface area contributed by atoms with Crippen molar-refractivity contribution in [2.24, 2.45) is 0 Å². The molecule has 10 rings (SSSR count). The third-order valence-corrected chi connectivity index (χ3v) is 15.6. The fourth-order valence-electron chi connectivity index (χ4n) is 11.9. The first-order chi connectivity index (χ1) is 25.7. The number of benzene rings is 4. The number of anilines is 5. The maximum Gasteiger partial charge on any atom is 0.257 e. The van der Waals surface area contributed by atoms with Gasteiger partial charge >= 0.3 is 0 Å². The van der Waals surface area contributed by atoms with E-state index in [0.717, 1.165) is 17.2 Å². The number of rotatable bonds is 1. The van der Waals surface area contributed by atoms with Crippen molar-refractivity contribution in [3.63, 3.8) is 0 Å². The van der Waals surface area contributed by atoms with Gasteiger partial charge in [-0.25, -0.2) is 0 Å². The third kappa shape index (κ3) is 4.58. The van der Waals surface area contributed by atoms with Crippen molar-refractivity contribution < 1.29 is 4.42 Å². The van der Waals surface area contributed by atoms with Crippen LogP contribution in [0.2, 0.25) is 0 Å². The zero-order chi connectivity index (χ0) is 39.0. The van der Waals surface area contributed by atoms with Gasteiger partial charge < -0.3 is 9.32 Å². The fourth-order valence-corrected chi connectivity index (χ4v) is 11.9. The summed E-state index contributed by atoms with van der Waals surface area (Å²) in [6.07, 6.45) is 7.35. The van der Waals surface area contributed by atoms with E-state index in [1.54, 1.807) is 5.56 Å². The normalized spacial score (nSPS) is 24.3. The second-order valence-corrected chi connectivity index (χ2v) is 22.1. The van der Waals surface area contributed by atoms with Crippen LogP contribution in [0.15, 0.2) is 65.1 Å². The summed E-state index contributed by atoms with van der Waals surface area (Å²) in [5.41, 5.74) is 19.5. The minimum Gasteiger partial charge on any atom is -0.440 e. The lowest BCUT2D eigenvalue weighted by Gasteiger charge is -2.52. The van der Waals surface area contributed by atoms with Crippen molar-refractivity contribution in [3.05, 3.63) is 94.0 Å². The molecule has 5 aliphatic rings. The number of fused-ring (bicyclic) bond motifs is 10. The van der Waals surface area contributed by atoms with Gasteiger partial charge in [0.25, 0.3) is 6.71 Å². The van der Waals surface area contributed by atoms with Crippen molar-refractivity contribution in [1.29, 1.82) is 0 Å². The molecule has 4 heteroatoms. The lowest BCUT2D eigenvalue weighted by atomic mass is 9.33. The summed E-state index contributed by atoms with van der Waals surface area (Å²) in [5, 5.41) is 1.29. The van der Waals surface area contributed by atoms with E-state index in [4.69, 9.17) is 4.42 Å². The van der Waals surface area contributed by atoms with Crippen LogP contribution in [-0.2, 0) is 27.1 Å². The van der Waals surface area contributed by atoms with Crippen molar-refractivity contribution in [1.82, 2.24) is 0 Å². The van der Waals surface area contributed by atoms with Crippen LogP contribution in [0.1, 0.15) is 155 Å². The molecule has 2 unspecified atom stereocenters. The molecule has 0 bridgehead atoms. The Kier molecular flexibility index (Phi) is 6.92. The van der Waals surface area contributed by atoms with Crippen LogP contribution < -0.4 is 26.2 Å². The average Bonchev–Trinajstić information content (AvgIpc) is 3.57. The molecule has 55 heavy (non-hydrogen) atoms. The number of aryl methyl sites for hydroxylation is 1. The predicted molar refractivity (Wildman–Crippen MR) is 236 cm³/mol. The van der Waals surface area contributed by atoms with Gasteiger partial charge in [0.1, 0.15) is 5.58 Å². The Hall–Kier alpha value is -3.92. The Balaban J connectivity index is 1.36. The summed E-state index contributed by atoms with van der Waals surface area (Å²) in [5.74, 6) is 0.988. The Labute approximate surface area is 331 Å². The van der Waals surface area contributed by atoms with Gasteiger partial charge in [-0.05, 0) is 142 Å². The number of furan rings is 1. The molecule has 4 heterocycles. The summed E-state index contributed by atoms with van der Waals surface area (Å²) in [7, 11) is 0. The molecule has 1 saturated carbocycles. The Morgan fingerprint density at radius 2 is 1.25 bits per heavy atom. The Morgan fingerprint density at radius 1 is 0.636 bits per heavy atom. The van der Waals surface area contributed by atoms with Crippen LogP contribution in [-0.4, -0.2) is 12.3 Å². The van der Waals surface area contributed by atoms with Gasteiger partial charge in [0.15, 0.2) is 0 Å². The molecule has 2 aliphatic carbocycles. The van der Waals surface area contributed by atoms with E-state index in [1.807, 2.05) is 0 Å². The molecule has 0 saturated heterocycles. The van der Waals surface area contributed by atoms with E-state index in [-0.39, 0.29) is 39.3 Å². The molecule has 2 atom stereocenters. The van der Waals surface area contributed by atoms with Gasteiger partial charge in [0.05, 0.1) is 5.54 Å². The largest absolute Gasteiger partial charge is 0.440 e. The van der Waals surface area contributed by atoms with Crippen LogP contribution in [0.4, 0.5) is 28.6 Å². The molecule has 0 radical (unpaired) electrons. The van der Waals surface area contributed by atoms with Crippen LogP contribution in [0, 0.1) is 6.92 Å². The third-order valence-electron chi connectivity index (χ3n) is 15.6. The van der Waals surface area contributed by atoms with Crippen molar-refractivity contribution in [3.8, 4) is 0 Å². The zero-order valence-electron chi connectivity index (χ0n) is 35.9. The van der Waals surface area contributed by atoms with Gasteiger partial charge in [0, 0.05) is 39.0 Å². The van der Waals surface area contributed by atoms with E-state index >= 15 is 0 Å². The standard InChI is InChI=1S/C51H61BN2O/c1-30-24-39-43-40(25-30)54-44-37(50(12)20-14-15-21-51(50,54)13)26-32(47(5,6)7)27-38(44)52(43)42-34-28-35-36(49(10,11)23-22-48(35,8)9)29-41(34)55-45(42)53(39)33-18-16-31(17-19-33)46(2,3)4/h16-19,24-29H,14-15,20-23H2,1-13H3. The van der Waals surface area contributed by atoms with Gasteiger partial charge in [-0.15, -0.1) is 0 Å². The van der Waals surface area contributed by atoms with Crippen LogP contribution >= 0.6 is 0 Å². The quantitative estimate of drug-likeness (QED) is 0.157. The smallest absolute Gasteiger partial charge is 0.257 e. The van der Waals surface area contributed by atoms with Crippen LogP contribution in [0.25, 0.3) is 11.0 Å². The molecule has 0 N–H and O–H groups in total. The van der Waals surface area contributed by atoms with Crippen molar-refractivity contribution in [2.45, 2.75) is 161 Å². The van der Waals surface area contributed by atoms with Gasteiger partial charge in [-0.1, -0.05) is 113 Å². The van der Waals surface area contributed by atoms with E-state index in [2.05, 4.69) is 160 Å². The SMILES string of the molecule is Cc1cc2c3c(c1)N1c4c(cc(C(C)(C)C)cc4C4(C)CCCCC14C)B3c1c(oc3cc4c(cc13)C(C)(C)CCC4(C)C)N2c1ccc(C(C)(C)C)cc1. The summed E-state index contributed by atoms with van der Waals surface area (Å²) < 4.78 is 7.41. The molecular weight excluding hydrogens is 667 g/mol. The first-order valence-electron chi connectivity index (χ1n) is 21.3. The second-order valence-electron chi connectivity index (χ2n) is 22.1. The first kappa shape index (κ1) is 35.5. The van der Waals surface area contributed by atoms with Gasteiger partial charge in [-0.3, -0.25) is 4.90 Å².